The van der Waals surface area contributed by atoms with Crippen molar-refractivity contribution in [2.75, 3.05) is 19.6 Å². The summed E-state index contributed by atoms with van der Waals surface area (Å²) in [5.74, 6) is -1.94. The molecule has 10 heteroatoms. The first-order chi connectivity index (χ1) is 10.7. The Balaban J connectivity index is 1.97. The number of amides is 1. The maximum atomic E-state index is 12.2. The quantitative estimate of drug-likeness (QED) is 0.800. The first-order valence-electron chi connectivity index (χ1n) is 6.94. The number of sulfonamides is 1. The monoisotopic (exact) mass is 380 g/mol. The highest BCUT2D eigenvalue weighted by atomic mass is 35.5. The van der Waals surface area contributed by atoms with E-state index in [-0.39, 0.29) is 16.7 Å². The fraction of sp³-hybridized carbons (Fsp3) is 0.538. The Hall–Kier alpha value is -1.16. The van der Waals surface area contributed by atoms with Crippen molar-refractivity contribution in [3.8, 4) is 0 Å². The van der Waals surface area contributed by atoms with Crippen molar-refractivity contribution in [3.05, 3.63) is 16.5 Å². The molecular weight excluding hydrogens is 364 g/mol. The van der Waals surface area contributed by atoms with Gasteiger partial charge in [-0.15, -0.1) is 11.3 Å². The van der Waals surface area contributed by atoms with E-state index in [0.29, 0.717) is 17.3 Å². The summed E-state index contributed by atoms with van der Waals surface area (Å²) in [6.45, 7) is 1.99. The van der Waals surface area contributed by atoms with Crippen molar-refractivity contribution in [1.29, 1.82) is 0 Å². The zero-order valence-corrected chi connectivity index (χ0v) is 14.7. The summed E-state index contributed by atoms with van der Waals surface area (Å²) in [7, 11) is -3.80. The molecule has 1 aliphatic rings. The Kier molecular flexibility index (Phi) is 5.66. The lowest BCUT2D eigenvalue weighted by molar-refractivity contribution is -0.146. The van der Waals surface area contributed by atoms with Gasteiger partial charge in [0.15, 0.2) is 0 Å². The molecule has 1 saturated heterocycles. The molecule has 0 aliphatic carbocycles. The first-order valence-corrected chi connectivity index (χ1v) is 9.62. The molecule has 1 aromatic heterocycles. The van der Waals surface area contributed by atoms with Gasteiger partial charge in [0.05, 0.1) is 16.8 Å². The molecule has 1 aliphatic heterocycles. The summed E-state index contributed by atoms with van der Waals surface area (Å²) in [5.41, 5.74) is 0. The molecule has 2 atom stereocenters. The van der Waals surface area contributed by atoms with E-state index in [1.54, 1.807) is 0 Å². The summed E-state index contributed by atoms with van der Waals surface area (Å²) in [6.07, 6.45) is 0.512. The predicted octanol–water partition coefficient (Wildman–Crippen LogP) is 1.25. The van der Waals surface area contributed by atoms with Crippen molar-refractivity contribution in [1.82, 2.24) is 9.62 Å². The van der Waals surface area contributed by atoms with Gasteiger partial charge in [-0.2, -0.15) is 0 Å². The van der Waals surface area contributed by atoms with Crippen molar-refractivity contribution in [3.63, 3.8) is 0 Å². The summed E-state index contributed by atoms with van der Waals surface area (Å²) < 4.78 is 26.7. The summed E-state index contributed by atoms with van der Waals surface area (Å²) >= 11 is 6.61. The van der Waals surface area contributed by atoms with Crippen LogP contribution in [-0.4, -0.2) is 49.9 Å². The van der Waals surface area contributed by atoms with Crippen molar-refractivity contribution < 1.29 is 23.1 Å². The number of halogens is 1. The Morgan fingerprint density at radius 1 is 1.43 bits per heavy atom. The minimum Gasteiger partial charge on any atom is -0.481 e. The second-order valence-electron chi connectivity index (χ2n) is 5.56. The van der Waals surface area contributed by atoms with Crippen LogP contribution in [0.3, 0.4) is 0 Å². The second kappa shape index (κ2) is 7.16. The largest absolute Gasteiger partial charge is 0.481 e. The Morgan fingerprint density at radius 2 is 2.13 bits per heavy atom. The first kappa shape index (κ1) is 18.2. The number of carbonyl (C=O) groups excluding carboxylic acids is 1. The van der Waals surface area contributed by atoms with E-state index in [2.05, 4.69) is 4.72 Å². The fourth-order valence-corrected chi connectivity index (χ4v) is 5.02. The van der Waals surface area contributed by atoms with Crippen LogP contribution in [0.5, 0.6) is 0 Å². The molecule has 7 nitrogen and oxygen atoms in total. The van der Waals surface area contributed by atoms with Gasteiger partial charge in [-0.1, -0.05) is 18.5 Å². The van der Waals surface area contributed by atoms with Crippen LogP contribution >= 0.6 is 22.9 Å². The molecule has 1 amide bonds. The summed E-state index contributed by atoms with van der Waals surface area (Å²) in [5, 5.41) is 9.11. The number of carbonyl (C=O) groups is 2. The van der Waals surface area contributed by atoms with Crippen LogP contribution < -0.4 is 4.72 Å². The van der Waals surface area contributed by atoms with E-state index in [0.717, 1.165) is 11.3 Å². The number of carboxylic acid groups (broad SMARTS) is 1. The lowest BCUT2D eigenvalue weighted by Gasteiger charge is -2.34. The van der Waals surface area contributed by atoms with E-state index in [1.165, 1.54) is 17.0 Å². The van der Waals surface area contributed by atoms with Gasteiger partial charge in [-0.25, -0.2) is 13.1 Å². The Bertz CT molecular complexity index is 703. The van der Waals surface area contributed by atoms with Gasteiger partial charge in [0, 0.05) is 13.1 Å². The molecule has 0 spiro atoms. The molecule has 2 unspecified atom stereocenters. The molecule has 23 heavy (non-hydrogen) atoms. The molecular formula is C13H17ClN2O5S2. The highest BCUT2D eigenvalue weighted by molar-refractivity contribution is 7.91. The minimum absolute atomic E-state index is 0.0331. The second-order valence-corrected chi connectivity index (χ2v) is 9.27. The molecule has 0 radical (unpaired) electrons. The van der Waals surface area contributed by atoms with E-state index in [4.69, 9.17) is 16.7 Å². The molecule has 0 aromatic carbocycles. The summed E-state index contributed by atoms with van der Waals surface area (Å²) in [4.78, 5) is 24.7. The van der Waals surface area contributed by atoms with Gasteiger partial charge in [0.2, 0.25) is 5.91 Å². The Labute approximate surface area is 143 Å². The number of carboxylic acids is 1. The van der Waals surface area contributed by atoms with Crippen molar-refractivity contribution in [2.24, 2.45) is 11.8 Å². The average molecular weight is 381 g/mol. The van der Waals surface area contributed by atoms with Gasteiger partial charge in [-0.05, 0) is 24.5 Å². The van der Waals surface area contributed by atoms with Gasteiger partial charge < -0.3 is 10.0 Å². The lowest BCUT2D eigenvalue weighted by Crippen LogP contribution is -2.48. The van der Waals surface area contributed by atoms with Crippen LogP contribution in [0.4, 0.5) is 0 Å². The molecule has 128 valence electrons. The number of nitrogens with one attached hydrogen (secondary N) is 1. The van der Waals surface area contributed by atoms with E-state index >= 15 is 0 Å². The van der Waals surface area contributed by atoms with Crippen LogP contribution in [0.2, 0.25) is 4.34 Å². The van der Waals surface area contributed by atoms with Crippen LogP contribution in [-0.2, 0) is 19.6 Å². The number of aliphatic carboxylic acids is 1. The SMILES string of the molecule is CC1CC(C(=O)O)CN(C(=O)CNS(=O)(=O)c2ccc(Cl)s2)C1. The number of hydrogen-bond acceptors (Lipinski definition) is 5. The van der Waals surface area contributed by atoms with Crippen molar-refractivity contribution >= 4 is 44.8 Å². The maximum Gasteiger partial charge on any atom is 0.308 e. The number of likely N-dealkylation sites (tertiary alicyclic amines) is 1. The van der Waals surface area contributed by atoms with Crippen LogP contribution in [0, 0.1) is 11.8 Å². The molecule has 0 bridgehead atoms. The molecule has 0 saturated carbocycles. The zero-order chi connectivity index (χ0) is 17.2. The van der Waals surface area contributed by atoms with E-state index in [9.17, 15) is 18.0 Å². The highest BCUT2D eigenvalue weighted by Gasteiger charge is 2.32. The van der Waals surface area contributed by atoms with E-state index in [1.807, 2.05) is 6.92 Å². The molecule has 2 heterocycles. The third-order valence-corrected chi connectivity index (χ3v) is 6.71. The zero-order valence-electron chi connectivity index (χ0n) is 12.4. The number of thiophene rings is 1. The maximum absolute atomic E-state index is 12.2. The third kappa shape index (κ3) is 4.66. The Morgan fingerprint density at radius 3 is 2.70 bits per heavy atom. The molecule has 2 N–H and O–H groups in total. The topological polar surface area (TPSA) is 104 Å². The van der Waals surface area contributed by atoms with Gasteiger partial charge in [0.1, 0.15) is 4.21 Å². The fourth-order valence-electron chi connectivity index (χ4n) is 2.52. The van der Waals surface area contributed by atoms with Gasteiger partial charge >= 0.3 is 5.97 Å². The normalized spacial score (nSPS) is 22.1. The predicted molar refractivity (Wildman–Crippen MR) is 86.0 cm³/mol. The van der Waals surface area contributed by atoms with Gasteiger partial charge in [-0.3, -0.25) is 9.59 Å². The standard InChI is InChI=1S/C13H17ClN2O5S2/c1-8-4-9(13(18)19)7-16(6-8)11(17)5-15-23(20,21)12-3-2-10(14)22-12/h2-3,8-9,15H,4-7H2,1H3,(H,18,19). The van der Waals surface area contributed by atoms with Gasteiger partial charge in [0.25, 0.3) is 10.0 Å². The minimum atomic E-state index is -3.80. The number of nitrogens with zero attached hydrogens (tertiary/aromatic N) is 1. The lowest BCUT2D eigenvalue weighted by atomic mass is 9.90. The molecule has 2 rings (SSSR count). The highest BCUT2D eigenvalue weighted by Crippen LogP contribution is 2.25. The number of hydrogen-bond donors (Lipinski definition) is 2. The third-order valence-electron chi connectivity index (χ3n) is 3.59. The molecule has 1 fully saturated rings. The van der Waals surface area contributed by atoms with Crippen LogP contribution in [0.15, 0.2) is 16.3 Å². The van der Waals surface area contributed by atoms with Crippen LogP contribution in [0.25, 0.3) is 0 Å². The molecule has 1 aromatic rings. The smallest absolute Gasteiger partial charge is 0.308 e. The summed E-state index contributed by atoms with van der Waals surface area (Å²) in [6, 6.07) is 2.83. The van der Waals surface area contributed by atoms with Crippen molar-refractivity contribution in [2.45, 2.75) is 17.6 Å². The number of rotatable bonds is 5. The van der Waals surface area contributed by atoms with E-state index < -0.39 is 34.4 Å². The average Bonchev–Trinajstić information content (AvgIpc) is 2.91. The number of piperidine rings is 1. The van der Waals surface area contributed by atoms with Crippen LogP contribution in [0.1, 0.15) is 13.3 Å².